The summed E-state index contributed by atoms with van der Waals surface area (Å²) in [6.07, 6.45) is 10.9. The Bertz CT molecular complexity index is 141. The van der Waals surface area contributed by atoms with Gasteiger partial charge < -0.3 is 0 Å². The van der Waals surface area contributed by atoms with Crippen molar-refractivity contribution >= 4 is 11.6 Å². The quantitative estimate of drug-likeness (QED) is 0.468. The molecule has 0 aliphatic heterocycles. The zero-order chi connectivity index (χ0) is 6.53. The standard InChI is InChI=1S/C8H11Cl.2Cu/c9-8-6-4-2-1-3-5-7-8;;/h1-2,7H,3-6H2;;/q;2*+1. The molecule has 70 valence electrons. The van der Waals surface area contributed by atoms with Gasteiger partial charge in [-0.05, 0) is 25.7 Å². The van der Waals surface area contributed by atoms with E-state index in [9.17, 15) is 0 Å². The maximum absolute atomic E-state index is 5.82. The van der Waals surface area contributed by atoms with Crippen LogP contribution in [-0.4, -0.2) is 0 Å². The first-order valence-electron chi connectivity index (χ1n) is 3.39. The number of hydrogen-bond donors (Lipinski definition) is 0. The van der Waals surface area contributed by atoms with Crippen LogP contribution in [0.5, 0.6) is 0 Å². The first-order valence-corrected chi connectivity index (χ1v) is 3.77. The van der Waals surface area contributed by atoms with Crippen molar-refractivity contribution in [2.45, 2.75) is 25.7 Å². The number of allylic oxidation sites excluding steroid dienone is 4. The van der Waals surface area contributed by atoms with Gasteiger partial charge in [0.1, 0.15) is 0 Å². The Labute approximate surface area is 94.4 Å². The summed E-state index contributed by atoms with van der Waals surface area (Å²) >= 11 is 5.82. The second kappa shape index (κ2) is 8.90. The van der Waals surface area contributed by atoms with Crippen LogP contribution < -0.4 is 0 Å². The zero-order valence-corrected chi connectivity index (χ0v) is 8.68. The third-order valence-corrected chi connectivity index (χ3v) is 1.76. The number of rotatable bonds is 0. The molecule has 0 amide bonds. The van der Waals surface area contributed by atoms with Gasteiger partial charge in [-0.2, -0.15) is 0 Å². The van der Waals surface area contributed by atoms with Crippen LogP contribution in [0.25, 0.3) is 0 Å². The van der Waals surface area contributed by atoms with E-state index in [2.05, 4.69) is 18.2 Å². The molecule has 0 aromatic heterocycles. The van der Waals surface area contributed by atoms with E-state index < -0.39 is 0 Å². The third kappa shape index (κ3) is 7.18. The first kappa shape index (κ1) is 14.3. The summed E-state index contributed by atoms with van der Waals surface area (Å²) in [6.45, 7) is 0. The van der Waals surface area contributed by atoms with Gasteiger partial charge in [0.05, 0.1) is 0 Å². The van der Waals surface area contributed by atoms with Crippen LogP contribution in [0, 0.1) is 0 Å². The van der Waals surface area contributed by atoms with E-state index in [-0.39, 0.29) is 34.1 Å². The molecule has 0 nitrogen and oxygen atoms in total. The Morgan fingerprint density at radius 2 is 1.64 bits per heavy atom. The van der Waals surface area contributed by atoms with Crippen LogP contribution in [-0.2, 0) is 34.1 Å². The fourth-order valence-corrected chi connectivity index (χ4v) is 1.11. The molecule has 0 saturated carbocycles. The molecule has 1 aliphatic rings. The van der Waals surface area contributed by atoms with Crippen LogP contribution in [0.3, 0.4) is 0 Å². The van der Waals surface area contributed by atoms with Gasteiger partial charge >= 0.3 is 34.1 Å². The summed E-state index contributed by atoms with van der Waals surface area (Å²) in [5.74, 6) is 0. The van der Waals surface area contributed by atoms with Crippen LogP contribution >= 0.6 is 11.6 Å². The molecule has 0 bridgehead atoms. The molecule has 3 heteroatoms. The second-order valence-corrected chi connectivity index (χ2v) is 2.72. The molecule has 0 spiro atoms. The maximum atomic E-state index is 5.82. The smallest absolute Gasteiger partial charge is 0.0895 e. The molecule has 0 aromatic carbocycles. The van der Waals surface area contributed by atoms with Gasteiger partial charge in [-0.15, -0.1) is 0 Å². The van der Waals surface area contributed by atoms with Crippen molar-refractivity contribution in [1.29, 1.82) is 0 Å². The summed E-state index contributed by atoms with van der Waals surface area (Å²) < 4.78 is 0. The largest absolute Gasteiger partial charge is 1.00 e. The van der Waals surface area contributed by atoms with Crippen molar-refractivity contribution in [2.24, 2.45) is 0 Å². The molecule has 0 unspecified atom stereocenters. The first-order chi connectivity index (χ1) is 4.39. The van der Waals surface area contributed by atoms with E-state index in [0.29, 0.717) is 0 Å². The van der Waals surface area contributed by atoms with E-state index in [1.165, 1.54) is 0 Å². The average Bonchev–Trinajstić information content (AvgIpc) is 1.79. The fourth-order valence-electron chi connectivity index (χ4n) is 0.895. The van der Waals surface area contributed by atoms with E-state index in [1.807, 2.05) is 0 Å². The van der Waals surface area contributed by atoms with Crippen molar-refractivity contribution in [3.05, 3.63) is 23.3 Å². The fraction of sp³-hybridized carbons (Fsp3) is 0.500. The predicted octanol–water partition coefficient (Wildman–Crippen LogP) is 3.23. The summed E-state index contributed by atoms with van der Waals surface area (Å²) in [4.78, 5) is 0. The Hall–Kier alpha value is 0.809. The second-order valence-electron chi connectivity index (χ2n) is 2.24. The predicted molar refractivity (Wildman–Crippen MR) is 41.5 cm³/mol. The van der Waals surface area contributed by atoms with Gasteiger partial charge in [-0.25, -0.2) is 0 Å². The van der Waals surface area contributed by atoms with Crippen molar-refractivity contribution in [3.8, 4) is 0 Å². The third-order valence-electron chi connectivity index (χ3n) is 1.42. The molecule has 0 N–H and O–H groups in total. The van der Waals surface area contributed by atoms with Crippen molar-refractivity contribution in [1.82, 2.24) is 0 Å². The molecule has 0 heterocycles. The van der Waals surface area contributed by atoms with Crippen molar-refractivity contribution in [2.75, 3.05) is 0 Å². The molecule has 1 aliphatic carbocycles. The average molecular weight is 270 g/mol. The van der Waals surface area contributed by atoms with Gasteiger partial charge in [0.15, 0.2) is 0 Å². The zero-order valence-electron chi connectivity index (χ0n) is 6.04. The molecular formula is C8H11ClCu2+2. The minimum Gasteiger partial charge on any atom is -0.0895 e. The normalized spacial score (nSPS) is 16.6. The van der Waals surface area contributed by atoms with E-state index in [1.54, 1.807) is 0 Å². The van der Waals surface area contributed by atoms with E-state index in [4.69, 9.17) is 11.6 Å². The SMILES string of the molecule is ClC1=CCCC=CCC1.[Cu+].[Cu+]. The molecular weight excluding hydrogens is 259 g/mol. The number of halogens is 1. The van der Waals surface area contributed by atoms with Crippen molar-refractivity contribution < 1.29 is 34.1 Å². The van der Waals surface area contributed by atoms with Crippen LogP contribution in [0.4, 0.5) is 0 Å². The monoisotopic (exact) mass is 268 g/mol. The molecule has 0 aromatic rings. The summed E-state index contributed by atoms with van der Waals surface area (Å²) in [5.41, 5.74) is 0. The molecule has 0 atom stereocenters. The van der Waals surface area contributed by atoms with Gasteiger partial charge in [0, 0.05) is 5.03 Å². The number of hydrogen-bond acceptors (Lipinski definition) is 0. The van der Waals surface area contributed by atoms with E-state index in [0.717, 1.165) is 30.7 Å². The molecule has 0 saturated heterocycles. The molecule has 0 radical (unpaired) electrons. The minimum absolute atomic E-state index is 0. The molecule has 11 heavy (non-hydrogen) atoms. The topological polar surface area (TPSA) is 0 Å². The van der Waals surface area contributed by atoms with E-state index >= 15 is 0 Å². The summed E-state index contributed by atoms with van der Waals surface area (Å²) in [7, 11) is 0. The van der Waals surface area contributed by atoms with Crippen molar-refractivity contribution in [3.63, 3.8) is 0 Å². The van der Waals surface area contributed by atoms with Crippen LogP contribution in [0.15, 0.2) is 23.3 Å². The summed E-state index contributed by atoms with van der Waals surface area (Å²) in [5, 5.41) is 1.03. The minimum atomic E-state index is 0. The Kier molecular flexibility index (Phi) is 11.6. The Morgan fingerprint density at radius 1 is 1.00 bits per heavy atom. The van der Waals surface area contributed by atoms with Crippen LogP contribution in [0.1, 0.15) is 25.7 Å². The van der Waals surface area contributed by atoms with Gasteiger partial charge in [-0.3, -0.25) is 0 Å². The molecule has 0 fully saturated rings. The maximum Gasteiger partial charge on any atom is 1.00 e. The van der Waals surface area contributed by atoms with Gasteiger partial charge in [0.25, 0.3) is 0 Å². The molecule has 1 rings (SSSR count). The Morgan fingerprint density at radius 3 is 2.36 bits per heavy atom. The van der Waals surface area contributed by atoms with Gasteiger partial charge in [0.2, 0.25) is 0 Å². The summed E-state index contributed by atoms with van der Waals surface area (Å²) in [6, 6.07) is 0. The Balaban J connectivity index is 0. The van der Waals surface area contributed by atoms with Crippen LogP contribution in [0.2, 0.25) is 0 Å². The van der Waals surface area contributed by atoms with Gasteiger partial charge in [-0.1, -0.05) is 29.8 Å².